The Balaban J connectivity index is 2.03. The van der Waals surface area contributed by atoms with Crippen LogP contribution in [0.2, 0.25) is 0 Å². The molecule has 1 saturated carbocycles. The molecule has 0 aliphatic heterocycles. The van der Waals surface area contributed by atoms with Gasteiger partial charge in [0.15, 0.2) is 0 Å². The number of carbonyl (C=O) groups is 2. The normalized spacial score (nSPS) is 31.6. The minimum absolute atomic E-state index is 0.105. The number of hydrogen-bond donors (Lipinski definition) is 0. The maximum Gasteiger partial charge on any atom is 0.207 e. The molecule has 0 spiro atoms. The first-order valence-corrected chi connectivity index (χ1v) is 6.06. The maximum atomic E-state index is 11.9. The van der Waals surface area contributed by atoms with Crippen LogP contribution in [0.3, 0.4) is 0 Å². The van der Waals surface area contributed by atoms with E-state index in [1.54, 1.807) is 6.08 Å². The second-order valence-corrected chi connectivity index (χ2v) is 5.05. The maximum absolute atomic E-state index is 11.9. The van der Waals surface area contributed by atoms with Crippen molar-refractivity contribution in [1.29, 1.82) is 0 Å². The molecule has 0 aromatic heterocycles. The first kappa shape index (κ1) is 10.7. The van der Waals surface area contributed by atoms with Crippen molar-refractivity contribution in [3.8, 4) is 0 Å². The van der Waals surface area contributed by atoms with Crippen LogP contribution in [-0.2, 0) is 9.59 Å². The van der Waals surface area contributed by atoms with E-state index in [-0.39, 0.29) is 23.4 Å². The lowest BCUT2D eigenvalue weighted by Gasteiger charge is -2.37. The van der Waals surface area contributed by atoms with Gasteiger partial charge in [-0.05, 0) is 17.9 Å². The molecule has 0 amide bonds. The number of Topliss-reactive ketones (excluding diaryl/α,β-unsaturated/α-hetero) is 2. The summed E-state index contributed by atoms with van der Waals surface area (Å²) >= 11 is 6.01. The third-order valence-electron chi connectivity index (χ3n) is 3.68. The summed E-state index contributed by atoms with van der Waals surface area (Å²) in [7, 11) is 0. The van der Waals surface area contributed by atoms with Crippen LogP contribution in [0.15, 0.2) is 41.4 Å². The van der Waals surface area contributed by atoms with Gasteiger partial charge in [0.2, 0.25) is 11.6 Å². The number of carbonyl (C=O) groups excluding carboxylic acids is 2. The van der Waals surface area contributed by atoms with Gasteiger partial charge in [0, 0.05) is 5.03 Å². The number of benzene rings is 1. The van der Waals surface area contributed by atoms with Crippen LogP contribution in [0.1, 0.15) is 17.9 Å². The van der Waals surface area contributed by atoms with Gasteiger partial charge in [-0.1, -0.05) is 48.0 Å². The Bertz CT molecular complexity index is 518. The van der Waals surface area contributed by atoms with E-state index in [9.17, 15) is 9.59 Å². The molecule has 0 radical (unpaired) electrons. The zero-order chi connectivity index (χ0) is 12.0. The highest BCUT2D eigenvalue weighted by atomic mass is 35.5. The van der Waals surface area contributed by atoms with Gasteiger partial charge in [0.05, 0.1) is 11.8 Å². The summed E-state index contributed by atoms with van der Waals surface area (Å²) in [4.78, 5) is 23.6. The van der Waals surface area contributed by atoms with E-state index in [0.29, 0.717) is 11.5 Å². The summed E-state index contributed by atoms with van der Waals surface area (Å²) in [5.74, 6) is -1.25. The molecule has 0 heterocycles. The molecule has 3 aliphatic carbocycles. The van der Waals surface area contributed by atoms with Crippen LogP contribution in [0.5, 0.6) is 0 Å². The van der Waals surface area contributed by atoms with E-state index in [1.807, 2.05) is 30.3 Å². The summed E-state index contributed by atoms with van der Waals surface area (Å²) in [6, 6.07) is 9.86. The molecule has 3 unspecified atom stereocenters. The van der Waals surface area contributed by atoms with Crippen LogP contribution >= 0.6 is 11.6 Å². The van der Waals surface area contributed by atoms with Crippen molar-refractivity contribution < 1.29 is 9.59 Å². The molecule has 0 N–H and O–H groups in total. The topological polar surface area (TPSA) is 34.1 Å². The molecule has 0 saturated heterocycles. The number of allylic oxidation sites excluding steroid dienone is 2. The van der Waals surface area contributed by atoms with Gasteiger partial charge in [0.1, 0.15) is 0 Å². The second kappa shape index (κ2) is 3.81. The summed E-state index contributed by atoms with van der Waals surface area (Å²) in [6.07, 6.45) is 2.42. The number of hydrogen-bond acceptors (Lipinski definition) is 2. The van der Waals surface area contributed by atoms with Gasteiger partial charge < -0.3 is 0 Å². The van der Waals surface area contributed by atoms with Crippen molar-refractivity contribution in [3.05, 3.63) is 47.0 Å². The zero-order valence-corrected chi connectivity index (χ0v) is 9.85. The first-order valence-electron chi connectivity index (χ1n) is 5.68. The minimum atomic E-state index is -0.403. The summed E-state index contributed by atoms with van der Waals surface area (Å²) < 4.78 is 0. The Labute approximate surface area is 104 Å². The van der Waals surface area contributed by atoms with E-state index >= 15 is 0 Å². The van der Waals surface area contributed by atoms with Gasteiger partial charge in [-0.2, -0.15) is 0 Å². The molecular formula is C14H11ClO2. The monoisotopic (exact) mass is 246 g/mol. The standard InChI is InChI=1S/C14H11ClO2/c15-12-7-10-9(8-4-2-1-3-5-8)6-11(12)14(17)13(10)16/h1-5,7,9-11H,6H2. The van der Waals surface area contributed by atoms with E-state index < -0.39 is 5.92 Å². The van der Waals surface area contributed by atoms with Crippen LogP contribution in [0.25, 0.3) is 0 Å². The van der Waals surface area contributed by atoms with Crippen LogP contribution in [0.4, 0.5) is 0 Å². The molecule has 3 aliphatic rings. The predicted molar refractivity (Wildman–Crippen MR) is 64.7 cm³/mol. The quantitative estimate of drug-likeness (QED) is 0.714. The fourth-order valence-corrected chi connectivity index (χ4v) is 3.11. The Morgan fingerprint density at radius 1 is 1.06 bits per heavy atom. The van der Waals surface area contributed by atoms with Crippen LogP contribution < -0.4 is 0 Å². The lowest BCUT2D eigenvalue weighted by molar-refractivity contribution is -0.143. The Kier molecular flexibility index (Phi) is 2.40. The summed E-state index contributed by atoms with van der Waals surface area (Å²) in [5.41, 5.74) is 1.11. The lowest BCUT2D eigenvalue weighted by atomic mass is 9.65. The van der Waals surface area contributed by atoms with Crippen molar-refractivity contribution in [2.75, 3.05) is 0 Å². The molecule has 3 atom stereocenters. The number of ketones is 2. The van der Waals surface area contributed by atoms with E-state index in [0.717, 1.165) is 5.56 Å². The summed E-state index contributed by atoms with van der Waals surface area (Å²) in [5, 5.41) is 0.548. The fraction of sp³-hybridized carbons (Fsp3) is 0.286. The fourth-order valence-electron chi connectivity index (χ4n) is 2.79. The zero-order valence-electron chi connectivity index (χ0n) is 9.10. The summed E-state index contributed by atoms with van der Waals surface area (Å²) in [6.45, 7) is 0. The second-order valence-electron chi connectivity index (χ2n) is 4.61. The average molecular weight is 247 g/mol. The van der Waals surface area contributed by atoms with Crippen molar-refractivity contribution >= 4 is 23.2 Å². The number of rotatable bonds is 1. The van der Waals surface area contributed by atoms with Gasteiger partial charge in [-0.25, -0.2) is 0 Å². The third-order valence-corrected chi connectivity index (χ3v) is 4.07. The van der Waals surface area contributed by atoms with Gasteiger partial charge in [-0.3, -0.25) is 9.59 Å². The first-order chi connectivity index (χ1) is 8.18. The predicted octanol–water partition coefficient (Wildman–Crippen LogP) is 2.68. The number of halogens is 1. The van der Waals surface area contributed by atoms with Gasteiger partial charge in [-0.15, -0.1) is 0 Å². The van der Waals surface area contributed by atoms with Crippen LogP contribution in [-0.4, -0.2) is 11.6 Å². The Morgan fingerprint density at radius 2 is 1.76 bits per heavy atom. The molecule has 1 fully saturated rings. The van der Waals surface area contributed by atoms with Crippen molar-refractivity contribution in [3.63, 3.8) is 0 Å². The molecule has 4 rings (SSSR count). The SMILES string of the molecule is O=C1C(=O)C2C=C(Cl)C1CC2c1ccccc1. The largest absolute Gasteiger partial charge is 0.290 e. The highest BCUT2D eigenvalue weighted by Crippen LogP contribution is 2.46. The lowest BCUT2D eigenvalue weighted by Crippen LogP contribution is -2.43. The van der Waals surface area contributed by atoms with E-state index in [4.69, 9.17) is 11.6 Å². The average Bonchev–Trinajstić information content (AvgIpc) is 2.36. The highest BCUT2D eigenvalue weighted by Gasteiger charge is 2.47. The molecule has 2 nitrogen and oxygen atoms in total. The smallest absolute Gasteiger partial charge is 0.207 e. The molecule has 86 valence electrons. The third kappa shape index (κ3) is 1.55. The van der Waals surface area contributed by atoms with Crippen molar-refractivity contribution in [2.45, 2.75) is 12.3 Å². The highest BCUT2D eigenvalue weighted by molar-refractivity contribution is 6.45. The molecule has 1 aromatic carbocycles. The molecular weight excluding hydrogens is 236 g/mol. The molecule has 3 heteroatoms. The van der Waals surface area contributed by atoms with Gasteiger partial charge >= 0.3 is 0 Å². The van der Waals surface area contributed by atoms with Crippen molar-refractivity contribution in [2.24, 2.45) is 11.8 Å². The van der Waals surface area contributed by atoms with Crippen molar-refractivity contribution in [1.82, 2.24) is 0 Å². The Morgan fingerprint density at radius 3 is 2.47 bits per heavy atom. The Hall–Kier alpha value is -1.41. The molecule has 1 aromatic rings. The van der Waals surface area contributed by atoms with Crippen LogP contribution in [0, 0.1) is 11.8 Å². The molecule has 17 heavy (non-hydrogen) atoms. The molecule has 2 bridgehead atoms. The number of fused-ring (bicyclic) bond motifs is 2. The van der Waals surface area contributed by atoms with E-state index in [2.05, 4.69) is 0 Å². The van der Waals surface area contributed by atoms with E-state index in [1.165, 1.54) is 0 Å². The van der Waals surface area contributed by atoms with Gasteiger partial charge in [0.25, 0.3) is 0 Å². The minimum Gasteiger partial charge on any atom is -0.290 e.